The van der Waals surface area contributed by atoms with Crippen LogP contribution in [0.25, 0.3) is 0 Å². The number of hydrogen-bond acceptors (Lipinski definition) is 2. The molecule has 0 aliphatic heterocycles. The van der Waals surface area contributed by atoms with E-state index in [0.29, 0.717) is 11.3 Å². The molecule has 0 saturated heterocycles. The Morgan fingerprint density at radius 1 is 1.00 bits per heavy atom. The zero-order valence-corrected chi connectivity index (χ0v) is 16.5. The summed E-state index contributed by atoms with van der Waals surface area (Å²) in [6.45, 7) is 1.89. The molecule has 3 aromatic rings. The minimum absolute atomic E-state index is 0.167. The minimum Gasteiger partial charge on any atom is -0.345 e. The number of halogens is 2. The fourth-order valence-corrected chi connectivity index (χ4v) is 3.08. The Morgan fingerprint density at radius 2 is 1.69 bits per heavy atom. The quantitative estimate of drug-likeness (QED) is 0.590. The fraction of sp³-hybridized carbons (Fsp3) is 0.130. The van der Waals surface area contributed by atoms with Crippen LogP contribution in [0, 0.1) is 5.82 Å². The number of benzene rings is 3. The lowest BCUT2D eigenvalue weighted by atomic mass is 10.1. The van der Waals surface area contributed by atoms with Crippen LogP contribution in [0.1, 0.15) is 34.5 Å². The lowest BCUT2D eigenvalue weighted by Gasteiger charge is -2.16. The van der Waals surface area contributed by atoms with E-state index in [2.05, 4.69) is 10.6 Å². The van der Waals surface area contributed by atoms with Crippen molar-refractivity contribution in [3.63, 3.8) is 0 Å². The third-order valence-corrected chi connectivity index (χ3v) is 4.69. The Kier molecular flexibility index (Phi) is 6.62. The van der Waals surface area contributed by atoms with Gasteiger partial charge >= 0.3 is 0 Å². The van der Waals surface area contributed by atoms with Gasteiger partial charge in [-0.2, -0.15) is 0 Å². The normalized spacial score (nSPS) is 11.6. The number of nitrogens with one attached hydrogen (secondary N) is 2. The first-order valence-corrected chi connectivity index (χ1v) is 9.50. The largest absolute Gasteiger partial charge is 0.345 e. The summed E-state index contributed by atoms with van der Waals surface area (Å²) in [4.78, 5) is 25.1. The molecule has 0 fully saturated rings. The maximum atomic E-state index is 13.9. The lowest BCUT2D eigenvalue weighted by molar-refractivity contribution is -0.115. The van der Waals surface area contributed by atoms with Gasteiger partial charge in [-0.05, 0) is 42.3 Å². The summed E-state index contributed by atoms with van der Waals surface area (Å²) in [5.74, 6) is -1.28. The third kappa shape index (κ3) is 5.42. The van der Waals surface area contributed by atoms with Crippen molar-refractivity contribution in [1.82, 2.24) is 5.32 Å². The number of rotatable bonds is 6. The molecule has 0 saturated carbocycles. The highest BCUT2D eigenvalue weighted by atomic mass is 35.5. The zero-order valence-electron chi connectivity index (χ0n) is 15.8. The van der Waals surface area contributed by atoms with E-state index >= 15 is 0 Å². The highest BCUT2D eigenvalue weighted by Gasteiger charge is 2.17. The number of anilines is 1. The molecule has 4 nitrogen and oxygen atoms in total. The van der Waals surface area contributed by atoms with Gasteiger partial charge in [0.25, 0.3) is 5.91 Å². The van der Waals surface area contributed by atoms with Crippen LogP contribution in [0.5, 0.6) is 0 Å². The molecule has 0 aliphatic rings. The molecule has 0 heterocycles. The van der Waals surface area contributed by atoms with Gasteiger partial charge in [0.1, 0.15) is 5.82 Å². The maximum absolute atomic E-state index is 13.9. The van der Waals surface area contributed by atoms with E-state index in [4.69, 9.17) is 11.6 Å². The lowest BCUT2D eigenvalue weighted by Crippen LogP contribution is -2.28. The first-order chi connectivity index (χ1) is 13.9. The van der Waals surface area contributed by atoms with Crippen LogP contribution in [-0.4, -0.2) is 11.8 Å². The summed E-state index contributed by atoms with van der Waals surface area (Å²) in [5, 5.41) is 5.89. The Bertz CT molecular complexity index is 1020. The number of hydrogen-bond donors (Lipinski definition) is 2. The van der Waals surface area contributed by atoms with Crippen molar-refractivity contribution in [2.75, 3.05) is 5.32 Å². The van der Waals surface area contributed by atoms with Gasteiger partial charge in [-0.3, -0.25) is 9.59 Å². The van der Waals surface area contributed by atoms with Gasteiger partial charge in [0, 0.05) is 5.02 Å². The van der Waals surface area contributed by atoms with Gasteiger partial charge in [0.05, 0.1) is 23.7 Å². The van der Waals surface area contributed by atoms with Crippen LogP contribution < -0.4 is 10.6 Å². The topological polar surface area (TPSA) is 58.2 Å². The van der Waals surface area contributed by atoms with Crippen molar-refractivity contribution in [3.05, 3.63) is 100 Å². The first kappa shape index (κ1) is 20.6. The predicted molar refractivity (Wildman–Crippen MR) is 113 cm³/mol. The summed E-state index contributed by atoms with van der Waals surface area (Å²) in [5.41, 5.74) is 1.90. The number of carbonyl (C=O) groups excluding carboxylic acids is 2. The standard InChI is InChI=1S/C23H20ClFN2O2/c1-15(16-7-3-2-4-8-16)26-23(29)19-9-5-6-10-21(19)27-22(28)13-17-11-12-18(24)14-20(17)25/h2-12,14-15H,13H2,1H3,(H,26,29)(H,27,28). The molecular formula is C23H20ClFN2O2. The Hall–Kier alpha value is -3.18. The van der Waals surface area contributed by atoms with Gasteiger partial charge in [-0.25, -0.2) is 4.39 Å². The molecule has 1 unspecified atom stereocenters. The summed E-state index contributed by atoms with van der Waals surface area (Å²) in [6, 6.07) is 20.2. The Balaban J connectivity index is 1.71. The molecule has 6 heteroatoms. The molecule has 0 spiro atoms. The van der Waals surface area contributed by atoms with E-state index < -0.39 is 11.7 Å². The van der Waals surface area contributed by atoms with Crippen molar-refractivity contribution in [2.45, 2.75) is 19.4 Å². The Morgan fingerprint density at radius 3 is 2.41 bits per heavy atom. The molecule has 0 radical (unpaired) electrons. The van der Waals surface area contributed by atoms with E-state index in [-0.39, 0.29) is 29.0 Å². The molecular weight excluding hydrogens is 391 g/mol. The highest BCUT2D eigenvalue weighted by molar-refractivity contribution is 6.30. The van der Waals surface area contributed by atoms with Gasteiger partial charge in [0.2, 0.25) is 5.91 Å². The molecule has 0 aromatic heterocycles. The SMILES string of the molecule is CC(NC(=O)c1ccccc1NC(=O)Cc1ccc(Cl)cc1F)c1ccccc1. The van der Waals surface area contributed by atoms with Crippen LogP contribution in [0.3, 0.4) is 0 Å². The summed E-state index contributed by atoms with van der Waals surface area (Å²) >= 11 is 5.74. The van der Waals surface area contributed by atoms with Crippen molar-refractivity contribution >= 4 is 29.1 Å². The van der Waals surface area contributed by atoms with Crippen LogP contribution in [0.15, 0.2) is 72.8 Å². The number of carbonyl (C=O) groups is 2. The van der Waals surface area contributed by atoms with Gasteiger partial charge in [0.15, 0.2) is 0 Å². The van der Waals surface area contributed by atoms with Crippen molar-refractivity contribution < 1.29 is 14.0 Å². The smallest absolute Gasteiger partial charge is 0.253 e. The average Bonchev–Trinajstić information content (AvgIpc) is 2.71. The van der Waals surface area contributed by atoms with Crippen molar-refractivity contribution in [1.29, 1.82) is 0 Å². The fourth-order valence-electron chi connectivity index (χ4n) is 2.92. The van der Waals surface area contributed by atoms with E-state index in [0.717, 1.165) is 11.6 Å². The molecule has 2 N–H and O–H groups in total. The molecule has 2 amide bonds. The summed E-state index contributed by atoms with van der Waals surface area (Å²) < 4.78 is 13.9. The molecule has 148 valence electrons. The molecule has 0 aliphatic carbocycles. The number of amides is 2. The van der Waals surface area contributed by atoms with Crippen LogP contribution in [0.2, 0.25) is 5.02 Å². The monoisotopic (exact) mass is 410 g/mol. The molecule has 29 heavy (non-hydrogen) atoms. The van der Waals surface area contributed by atoms with Gasteiger partial charge in [-0.1, -0.05) is 60.1 Å². The van der Waals surface area contributed by atoms with E-state index in [9.17, 15) is 14.0 Å². The molecule has 0 bridgehead atoms. The molecule has 1 atom stereocenters. The first-order valence-electron chi connectivity index (χ1n) is 9.12. The maximum Gasteiger partial charge on any atom is 0.253 e. The van der Waals surface area contributed by atoms with Gasteiger partial charge in [-0.15, -0.1) is 0 Å². The van der Waals surface area contributed by atoms with E-state index in [1.165, 1.54) is 12.1 Å². The predicted octanol–water partition coefficient (Wildman–Crippen LogP) is 5.15. The molecule has 3 rings (SSSR count). The van der Waals surface area contributed by atoms with E-state index in [1.54, 1.807) is 24.3 Å². The van der Waals surface area contributed by atoms with Crippen LogP contribution >= 0.6 is 11.6 Å². The number of para-hydroxylation sites is 1. The third-order valence-electron chi connectivity index (χ3n) is 4.46. The second-order valence-corrected chi connectivity index (χ2v) is 7.05. The van der Waals surface area contributed by atoms with Crippen LogP contribution in [0.4, 0.5) is 10.1 Å². The average molecular weight is 411 g/mol. The second kappa shape index (κ2) is 9.34. The Labute approximate surface area is 173 Å². The van der Waals surface area contributed by atoms with E-state index in [1.807, 2.05) is 37.3 Å². The summed E-state index contributed by atoms with van der Waals surface area (Å²) in [7, 11) is 0. The summed E-state index contributed by atoms with van der Waals surface area (Å²) in [6.07, 6.45) is -0.167. The zero-order chi connectivity index (χ0) is 20.8. The minimum atomic E-state index is -0.546. The van der Waals surface area contributed by atoms with Gasteiger partial charge < -0.3 is 10.6 Å². The molecule has 3 aromatic carbocycles. The second-order valence-electron chi connectivity index (χ2n) is 6.61. The highest BCUT2D eigenvalue weighted by Crippen LogP contribution is 2.19. The van der Waals surface area contributed by atoms with Crippen molar-refractivity contribution in [2.24, 2.45) is 0 Å². The van der Waals surface area contributed by atoms with Crippen molar-refractivity contribution in [3.8, 4) is 0 Å². The van der Waals surface area contributed by atoms with Crippen LogP contribution in [-0.2, 0) is 11.2 Å².